The first-order chi connectivity index (χ1) is 13.0. The van der Waals surface area contributed by atoms with Crippen molar-refractivity contribution in [3.63, 3.8) is 0 Å². The highest BCUT2D eigenvalue weighted by atomic mass is 19.1. The average Bonchev–Trinajstić information content (AvgIpc) is 2.67. The Morgan fingerprint density at radius 2 is 2.04 bits per heavy atom. The number of hydrogen-bond acceptors (Lipinski definition) is 4. The zero-order valence-electron chi connectivity index (χ0n) is 14.7. The topological polar surface area (TPSA) is 87.5 Å². The number of non-ortho nitro benzene ring substituents is 1. The third kappa shape index (κ3) is 5.16. The van der Waals surface area contributed by atoms with Gasteiger partial charge in [-0.25, -0.2) is 9.18 Å². The molecule has 8 heteroatoms. The van der Waals surface area contributed by atoms with Crippen LogP contribution in [-0.4, -0.2) is 30.6 Å². The van der Waals surface area contributed by atoms with Gasteiger partial charge < -0.3 is 15.5 Å². The van der Waals surface area contributed by atoms with Crippen molar-refractivity contribution < 1.29 is 14.1 Å². The van der Waals surface area contributed by atoms with Crippen LogP contribution in [0.3, 0.4) is 0 Å². The first kappa shape index (κ1) is 18.6. The predicted molar refractivity (Wildman–Crippen MR) is 101 cm³/mol. The van der Waals surface area contributed by atoms with Gasteiger partial charge in [-0.15, -0.1) is 0 Å². The van der Waals surface area contributed by atoms with Gasteiger partial charge in [0.05, 0.1) is 4.92 Å². The van der Waals surface area contributed by atoms with E-state index in [9.17, 15) is 19.3 Å². The third-order valence-corrected chi connectivity index (χ3v) is 4.58. The van der Waals surface area contributed by atoms with E-state index in [1.807, 2.05) is 0 Å². The highest BCUT2D eigenvalue weighted by Crippen LogP contribution is 2.25. The number of nitro groups is 1. The number of nitrogens with one attached hydrogen (secondary N) is 2. The molecule has 0 radical (unpaired) electrons. The molecular formula is C19H21FN4O3. The van der Waals surface area contributed by atoms with Crippen LogP contribution in [0.1, 0.15) is 12.8 Å². The molecule has 7 nitrogen and oxygen atoms in total. The minimum atomic E-state index is -0.413. The Hall–Kier alpha value is -3.16. The Morgan fingerprint density at radius 3 is 2.74 bits per heavy atom. The third-order valence-electron chi connectivity index (χ3n) is 4.58. The second-order valence-corrected chi connectivity index (χ2v) is 6.57. The number of urea groups is 1. The number of benzene rings is 2. The van der Waals surface area contributed by atoms with E-state index in [2.05, 4.69) is 15.5 Å². The minimum absolute atomic E-state index is 0.0722. The van der Waals surface area contributed by atoms with Crippen LogP contribution in [0.4, 0.5) is 26.2 Å². The van der Waals surface area contributed by atoms with Crippen LogP contribution in [0.5, 0.6) is 0 Å². The highest BCUT2D eigenvalue weighted by Gasteiger charge is 2.21. The fourth-order valence-corrected chi connectivity index (χ4v) is 3.23. The van der Waals surface area contributed by atoms with Gasteiger partial charge in [0, 0.05) is 43.1 Å². The summed E-state index contributed by atoms with van der Waals surface area (Å²) in [5.74, 6) is -0.133. The predicted octanol–water partition coefficient (Wildman–Crippen LogP) is 3.77. The van der Waals surface area contributed by atoms with Crippen molar-refractivity contribution in [1.82, 2.24) is 5.32 Å². The molecule has 0 aromatic heterocycles. The van der Waals surface area contributed by atoms with Gasteiger partial charge in [-0.05, 0) is 49.1 Å². The molecule has 2 N–H and O–H groups in total. The van der Waals surface area contributed by atoms with Crippen molar-refractivity contribution in [2.24, 2.45) is 5.92 Å². The van der Waals surface area contributed by atoms with Crippen LogP contribution in [0, 0.1) is 21.8 Å². The Labute approximate surface area is 156 Å². The Morgan fingerprint density at radius 1 is 1.26 bits per heavy atom. The summed E-state index contributed by atoms with van der Waals surface area (Å²) in [7, 11) is 0. The van der Waals surface area contributed by atoms with Crippen LogP contribution in [0.2, 0.25) is 0 Å². The smallest absolute Gasteiger partial charge is 0.319 e. The molecule has 0 aliphatic carbocycles. The second-order valence-electron chi connectivity index (χ2n) is 6.57. The maximum atomic E-state index is 13.2. The van der Waals surface area contributed by atoms with Crippen LogP contribution in [0.15, 0.2) is 48.5 Å². The van der Waals surface area contributed by atoms with Crippen LogP contribution < -0.4 is 15.5 Å². The summed E-state index contributed by atoms with van der Waals surface area (Å²) in [5.41, 5.74) is 1.42. The summed E-state index contributed by atoms with van der Waals surface area (Å²) < 4.78 is 13.2. The standard InChI is InChI=1S/C19H21FN4O3/c20-15-4-1-5-16(11-15)22-19(25)21-12-14-3-2-10-23(13-14)17-6-8-18(9-7-17)24(26)27/h1,4-9,11,14H,2-3,10,12-13H2,(H2,21,22,25). The van der Waals surface area contributed by atoms with Crippen molar-refractivity contribution in [1.29, 1.82) is 0 Å². The highest BCUT2D eigenvalue weighted by molar-refractivity contribution is 5.89. The molecule has 2 amide bonds. The Bertz CT molecular complexity index is 813. The lowest BCUT2D eigenvalue weighted by atomic mass is 9.97. The zero-order chi connectivity index (χ0) is 19.2. The van der Waals surface area contributed by atoms with E-state index in [1.165, 1.54) is 30.3 Å². The van der Waals surface area contributed by atoms with E-state index in [1.54, 1.807) is 18.2 Å². The van der Waals surface area contributed by atoms with E-state index in [4.69, 9.17) is 0 Å². The molecule has 1 unspecified atom stereocenters. The minimum Gasteiger partial charge on any atom is -0.371 e. The van der Waals surface area contributed by atoms with Crippen LogP contribution in [0.25, 0.3) is 0 Å². The quantitative estimate of drug-likeness (QED) is 0.618. The summed E-state index contributed by atoms with van der Waals surface area (Å²) in [6.45, 7) is 2.15. The summed E-state index contributed by atoms with van der Waals surface area (Å²) >= 11 is 0. The van der Waals surface area contributed by atoms with Gasteiger partial charge in [0.2, 0.25) is 0 Å². The number of halogens is 1. The Balaban J connectivity index is 1.50. The fourth-order valence-electron chi connectivity index (χ4n) is 3.23. The summed E-state index contributed by atoms with van der Waals surface area (Å²) in [5, 5.41) is 16.2. The molecule has 1 fully saturated rings. The SMILES string of the molecule is O=C(NCC1CCCN(c2ccc([N+](=O)[O-])cc2)C1)Nc1cccc(F)c1. The summed E-state index contributed by atoms with van der Waals surface area (Å²) in [4.78, 5) is 24.5. The number of rotatable bonds is 5. The number of amides is 2. The van der Waals surface area contributed by atoms with E-state index >= 15 is 0 Å². The van der Waals surface area contributed by atoms with Crippen molar-refractivity contribution in [2.45, 2.75) is 12.8 Å². The van der Waals surface area contributed by atoms with Gasteiger partial charge in [0.25, 0.3) is 5.69 Å². The lowest BCUT2D eigenvalue weighted by Crippen LogP contribution is -2.42. The van der Waals surface area contributed by atoms with Crippen molar-refractivity contribution in [3.8, 4) is 0 Å². The molecule has 0 spiro atoms. The van der Waals surface area contributed by atoms with Crippen LogP contribution >= 0.6 is 0 Å². The molecule has 1 aliphatic rings. The number of nitrogens with zero attached hydrogens (tertiary/aromatic N) is 2. The molecule has 27 heavy (non-hydrogen) atoms. The maximum Gasteiger partial charge on any atom is 0.319 e. The molecule has 1 heterocycles. The molecular weight excluding hydrogens is 351 g/mol. The molecule has 1 atom stereocenters. The molecule has 2 aromatic rings. The van der Waals surface area contributed by atoms with Gasteiger partial charge in [0.15, 0.2) is 0 Å². The van der Waals surface area contributed by atoms with Crippen molar-refractivity contribution in [2.75, 3.05) is 29.9 Å². The first-order valence-electron chi connectivity index (χ1n) is 8.81. The first-order valence-corrected chi connectivity index (χ1v) is 8.81. The lowest BCUT2D eigenvalue weighted by molar-refractivity contribution is -0.384. The van der Waals surface area contributed by atoms with Crippen LogP contribution in [-0.2, 0) is 0 Å². The van der Waals surface area contributed by atoms with E-state index in [0.717, 1.165) is 31.6 Å². The monoisotopic (exact) mass is 372 g/mol. The molecule has 0 bridgehead atoms. The molecule has 142 valence electrons. The van der Waals surface area contributed by atoms with Gasteiger partial charge in [-0.3, -0.25) is 10.1 Å². The van der Waals surface area contributed by atoms with Gasteiger partial charge in [-0.2, -0.15) is 0 Å². The fraction of sp³-hybridized carbons (Fsp3) is 0.316. The van der Waals surface area contributed by atoms with Crippen molar-refractivity contribution in [3.05, 3.63) is 64.5 Å². The van der Waals surface area contributed by atoms with Gasteiger partial charge in [-0.1, -0.05) is 6.07 Å². The van der Waals surface area contributed by atoms with E-state index < -0.39 is 10.7 Å². The maximum absolute atomic E-state index is 13.2. The molecule has 0 saturated carbocycles. The summed E-state index contributed by atoms with van der Waals surface area (Å²) in [6.07, 6.45) is 1.97. The number of hydrogen-bond donors (Lipinski definition) is 2. The second kappa shape index (κ2) is 8.48. The molecule has 1 saturated heterocycles. The molecule has 3 rings (SSSR count). The normalized spacial score (nSPS) is 16.6. The number of anilines is 2. The van der Waals surface area contributed by atoms with Gasteiger partial charge >= 0.3 is 6.03 Å². The lowest BCUT2D eigenvalue weighted by Gasteiger charge is -2.34. The van der Waals surface area contributed by atoms with Crippen molar-refractivity contribution >= 4 is 23.1 Å². The Kier molecular flexibility index (Phi) is 5.85. The number of carbonyl (C=O) groups excluding carboxylic acids is 1. The molecule has 2 aromatic carbocycles. The average molecular weight is 372 g/mol. The number of carbonyl (C=O) groups is 1. The summed E-state index contributed by atoms with van der Waals surface area (Å²) in [6, 6.07) is 11.9. The zero-order valence-corrected chi connectivity index (χ0v) is 14.7. The molecule has 1 aliphatic heterocycles. The largest absolute Gasteiger partial charge is 0.371 e. The van der Waals surface area contributed by atoms with Gasteiger partial charge in [0.1, 0.15) is 5.82 Å². The van der Waals surface area contributed by atoms with E-state index in [0.29, 0.717) is 12.2 Å². The van der Waals surface area contributed by atoms with E-state index in [-0.39, 0.29) is 17.6 Å². The number of piperidine rings is 1. The number of nitro benzene ring substituents is 1.